The summed E-state index contributed by atoms with van der Waals surface area (Å²) in [5.74, 6) is -2.41. The van der Waals surface area contributed by atoms with Crippen molar-refractivity contribution < 1.29 is 34.7 Å². The minimum absolute atomic E-state index is 0.0390. The molecule has 0 aromatic heterocycles. The highest BCUT2D eigenvalue weighted by Crippen LogP contribution is 2.48. The number of hydrogen-bond donors (Lipinski definition) is 4. The first-order valence-electron chi connectivity index (χ1n) is 7.23. The van der Waals surface area contributed by atoms with Crippen LogP contribution in [-0.4, -0.2) is 56.1 Å². The highest BCUT2D eigenvalue weighted by Gasteiger charge is 2.57. The fourth-order valence-electron chi connectivity index (χ4n) is 3.40. The molecule has 1 saturated heterocycles. The maximum absolute atomic E-state index is 11.8. The number of esters is 1. The van der Waals surface area contributed by atoms with E-state index in [-0.39, 0.29) is 29.7 Å². The number of rotatable bonds is 1. The molecule has 0 spiro atoms. The Kier molecular flexibility index (Phi) is 3.29. The van der Waals surface area contributed by atoms with Gasteiger partial charge in [-0.05, 0) is 26.3 Å². The largest absolute Gasteiger partial charge is 0.423 e. The van der Waals surface area contributed by atoms with Gasteiger partial charge in [-0.15, -0.1) is 0 Å². The van der Waals surface area contributed by atoms with Gasteiger partial charge in [-0.3, -0.25) is 0 Å². The predicted molar refractivity (Wildman–Crippen MR) is 73.2 cm³/mol. The lowest BCUT2D eigenvalue weighted by Gasteiger charge is -2.39. The minimum atomic E-state index is -1.80. The molecule has 0 radical (unpaired) electrons. The molecule has 3 rings (SSSR count). The van der Waals surface area contributed by atoms with Crippen molar-refractivity contribution in [1.29, 1.82) is 0 Å². The van der Waals surface area contributed by atoms with Crippen molar-refractivity contribution in [2.45, 2.75) is 56.2 Å². The van der Waals surface area contributed by atoms with Gasteiger partial charge >= 0.3 is 5.97 Å². The summed E-state index contributed by atoms with van der Waals surface area (Å²) in [6.45, 7) is 2.50. The Balaban J connectivity index is 2.17. The van der Waals surface area contributed by atoms with E-state index in [1.807, 2.05) is 0 Å². The molecule has 7 nitrogen and oxygen atoms in total. The molecular formula is C15H20O7. The van der Waals surface area contributed by atoms with Crippen LogP contribution in [0.2, 0.25) is 0 Å². The van der Waals surface area contributed by atoms with Gasteiger partial charge in [0.1, 0.15) is 11.4 Å². The Morgan fingerprint density at radius 2 is 2.00 bits per heavy atom. The van der Waals surface area contributed by atoms with Crippen LogP contribution in [0.25, 0.3) is 0 Å². The fourth-order valence-corrected chi connectivity index (χ4v) is 3.40. The Bertz CT molecular complexity index is 591. The maximum atomic E-state index is 11.8. The van der Waals surface area contributed by atoms with E-state index in [4.69, 9.17) is 9.47 Å². The first kappa shape index (κ1) is 15.6. The van der Waals surface area contributed by atoms with E-state index >= 15 is 0 Å². The highest BCUT2D eigenvalue weighted by molar-refractivity contribution is 5.95. The molecule has 3 aliphatic rings. The predicted octanol–water partition coefficient (Wildman–Crippen LogP) is -0.511. The van der Waals surface area contributed by atoms with E-state index < -0.39 is 35.7 Å². The molecule has 3 heterocycles. The van der Waals surface area contributed by atoms with E-state index in [9.17, 15) is 25.2 Å². The molecule has 0 aliphatic carbocycles. The monoisotopic (exact) mass is 312 g/mol. The standard InChI is InChI=1S/C15H20O7/c1-13-3-4-15(20,22-13)14(2,19)5-9(17)11-8(7-16)12(18)21-10(11)6-13/h6,9,16-17,19-20H,3-5,7H2,1-2H3/b10-6-/t9-,13-,14+,15+/m0/s1. The third kappa shape index (κ3) is 2.12. The summed E-state index contributed by atoms with van der Waals surface area (Å²) in [4.78, 5) is 11.8. The van der Waals surface area contributed by atoms with Crippen molar-refractivity contribution in [2.24, 2.45) is 0 Å². The summed E-state index contributed by atoms with van der Waals surface area (Å²) in [6.07, 6.45) is 0.592. The van der Waals surface area contributed by atoms with Gasteiger partial charge in [0.15, 0.2) is 5.79 Å². The van der Waals surface area contributed by atoms with Crippen molar-refractivity contribution in [3.05, 3.63) is 23.0 Å². The lowest BCUT2D eigenvalue weighted by Crippen LogP contribution is -2.54. The van der Waals surface area contributed by atoms with Gasteiger partial charge < -0.3 is 29.9 Å². The van der Waals surface area contributed by atoms with E-state index in [2.05, 4.69) is 0 Å². The Morgan fingerprint density at radius 1 is 1.32 bits per heavy atom. The first-order chi connectivity index (χ1) is 10.1. The summed E-state index contributed by atoms with van der Waals surface area (Å²) in [5, 5.41) is 41.0. The number of carbonyl (C=O) groups excluding carboxylic acids is 1. The molecule has 4 atom stereocenters. The minimum Gasteiger partial charge on any atom is -0.423 e. The molecular weight excluding hydrogens is 292 g/mol. The van der Waals surface area contributed by atoms with Crippen molar-refractivity contribution in [2.75, 3.05) is 6.61 Å². The molecule has 4 N–H and O–H groups in total. The third-order valence-electron chi connectivity index (χ3n) is 4.76. The number of hydrogen-bond acceptors (Lipinski definition) is 7. The molecule has 0 unspecified atom stereocenters. The van der Waals surface area contributed by atoms with Crippen LogP contribution in [0.4, 0.5) is 0 Å². The smallest absolute Gasteiger partial charge is 0.342 e. The number of carbonyl (C=O) groups is 1. The van der Waals surface area contributed by atoms with Crippen LogP contribution >= 0.6 is 0 Å². The number of aliphatic hydroxyl groups excluding tert-OH is 2. The molecule has 22 heavy (non-hydrogen) atoms. The number of fused-ring (bicyclic) bond motifs is 3. The second-order valence-electron chi connectivity index (χ2n) is 6.64. The summed E-state index contributed by atoms with van der Waals surface area (Å²) >= 11 is 0. The lowest BCUT2D eigenvalue weighted by atomic mass is 9.83. The summed E-state index contributed by atoms with van der Waals surface area (Å²) < 4.78 is 10.8. The van der Waals surface area contributed by atoms with Gasteiger partial charge in [0.25, 0.3) is 0 Å². The molecule has 0 saturated carbocycles. The van der Waals surface area contributed by atoms with Crippen LogP contribution in [0, 0.1) is 0 Å². The lowest BCUT2D eigenvalue weighted by molar-refractivity contribution is -0.297. The summed E-state index contributed by atoms with van der Waals surface area (Å²) in [6, 6.07) is 0. The van der Waals surface area contributed by atoms with Gasteiger partial charge in [-0.2, -0.15) is 0 Å². The third-order valence-corrected chi connectivity index (χ3v) is 4.76. The fraction of sp³-hybridized carbons (Fsp3) is 0.667. The van der Waals surface area contributed by atoms with Crippen LogP contribution in [-0.2, 0) is 14.3 Å². The zero-order valence-electron chi connectivity index (χ0n) is 12.5. The molecule has 0 amide bonds. The van der Waals surface area contributed by atoms with Crippen LogP contribution in [0.5, 0.6) is 0 Å². The quantitative estimate of drug-likeness (QED) is 0.482. The van der Waals surface area contributed by atoms with E-state index in [1.165, 1.54) is 13.0 Å². The Morgan fingerprint density at radius 3 is 2.64 bits per heavy atom. The highest BCUT2D eigenvalue weighted by atomic mass is 16.7. The Labute approximate surface area is 127 Å². The van der Waals surface area contributed by atoms with E-state index in [1.54, 1.807) is 6.92 Å². The zero-order chi connectivity index (χ0) is 16.3. The molecule has 7 heteroatoms. The number of ether oxygens (including phenoxy) is 2. The van der Waals surface area contributed by atoms with Gasteiger partial charge in [0.2, 0.25) is 0 Å². The molecule has 0 aromatic carbocycles. The van der Waals surface area contributed by atoms with Crippen molar-refractivity contribution in [3.63, 3.8) is 0 Å². The number of aliphatic hydroxyl groups is 4. The average molecular weight is 312 g/mol. The zero-order valence-corrected chi connectivity index (χ0v) is 12.5. The summed E-state index contributed by atoms with van der Waals surface area (Å²) in [7, 11) is 0. The molecule has 1 fully saturated rings. The molecule has 122 valence electrons. The van der Waals surface area contributed by atoms with Gasteiger partial charge in [-0.1, -0.05) is 0 Å². The summed E-state index contributed by atoms with van der Waals surface area (Å²) in [5.41, 5.74) is -2.57. The molecule has 3 aliphatic heterocycles. The normalized spacial score (nSPS) is 47.3. The molecule has 2 bridgehead atoms. The average Bonchev–Trinajstić information content (AvgIpc) is 2.87. The maximum Gasteiger partial charge on any atom is 0.342 e. The second-order valence-corrected chi connectivity index (χ2v) is 6.64. The van der Waals surface area contributed by atoms with Gasteiger partial charge in [0, 0.05) is 18.4 Å². The van der Waals surface area contributed by atoms with Crippen molar-refractivity contribution in [1.82, 2.24) is 0 Å². The van der Waals surface area contributed by atoms with Crippen LogP contribution in [0.1, 0.15) is 33.1 Å². The van der Waals surface area contributed by atoms with E-state index in [0.717, 1.165) is 0 Å². The second kappa shape index (κ2) is 4.62. The van der Waals surface area contributed by atoms with Crippen molar-refractivity contribution in [3.8, 4) is 0 Å². The molecule has 0 aromatic rings. The first-order valence-corrected chi connectivity index (χ1v) is 7.23. The van der Waals surface area contributed by atoms with Gasteiger partial charge in [0.05, 0.1) is 23.9 Å². The van der Waals surface area contributed by atoms with Crippen LogP contribution < -0.4 is 0 Å². The van der Waals surface area contributed by atoms with Gasteiger partial charge in [-0.25, -0.2) is 4.79 Å². The van der Waals surface area contributed by atoms with Crippen molar-refractivity contribution >= 4 is 5.97 Å². The van der Waals surface area contributed by atoms with Crippen LogP contribution in [0.3, 0.4) is 0 Å². The van der Waals surface area contributed by atoms with Crippen LogP contribution in [0.15, 0.2) is 23.0 Å². The SMILES string of the molecule is C[C@@]12/C=C3\OC(=O)C(CO)=C3[C@@H](O)C[C@@](C)(O)[C@@](O)(CC1)O2. The Hall–Kier alpha value is -1.25. The van der Waals surface area contributed by atoms with E-state index in [0.29, 0.717) is 6.42 Å². The topological polar surface area (TPSA) is 116 Å².